The second-order valence-corrected chi connectivity index (χ2v) is 6.98. The SMILES string of the molecule is ClCCc1nc2cc(Br)cnc2n1-c1cc(Cl)ccc1Br. The molecule has 0 fully saturated rings. The zero-order valence-electron chi connectivity index (χ0n) is 10.7. The minimum absolute atomic E-state index is 0.489. The monoisotopic (exact) mass is 447 g/mol. The van der Waals surface area contributed by atoms with E-state index >= 15 is 0 Å². The number of aromatic nitrogens is 3. The maximum absolute atomic E-state index is 6.13. The van der Waals surface area contributed by atoms with Gasteiger partial charge in [-0.2, -0.15) is 0 Å². The molecule has 2 aromatic heterocycles. The van der Waals surface area contributed by atoms with Crippen molar-refractivity contribution >= 4 is 66.2 Å². The molecule has 0 aliphatic rings. The van der Waals surface area contributed by atoms with Gasteiger partial charge in [-0.3, -0.25) is 4.57 Å². The first-order chi connectivity index (χ1) is 10.1. The van der Waals surface area contributed by atoms with Crippen LogP contribution in [0.25, 0.3) is 16.9 Å². The van der Waals surface area contributed by atoms with Crippen LogP contribution in [0.4, 0.5) is 0 Å². The summed E-state index contributed by atoms with van der Waals surface area (Å²) in [5, 5.41) is 0.656. The van der Waals surface area contributed by atoms with Gasteiger partial charge in [-0.1, -0.05) is 11.6 Å². The molecular weight excluding hydrogens is 441 g/mol. The van der Waals surface area contributed by atoms with Crippen LogP contribution in [0.5, 0.6) is 0 Å². The molecule has 108 valence electrons. The maximum atomic E-state index is 6.13. The van der Waals surface area contributed by atoms with Crippen LogP contribution in [0.2, 0.25) is 5.02 Å². The van der Waals surface area contributed by atoms with Gasteiger partial charge < -0.3 is 0 Å². The van der Waals surface area contributed by atoms with Gasteiger partial charge in [-0.05, 0) is 56.1 Å². The fourth-order valence-corrected chi connectivity index (χ4v) is 3.23. The van der Waals surface area contributed by atoms with E-state index in [9.17, 15) is 0 Å². The predicted octanol–water partition coefficient (Wildman–Crippen LogP) is 5.38. The van der Waals surface area contributed by atoms with Gasteiger partial charge in [-0.25, -0.2) is 9.97 Å². The summed E-state index contributed by atoms with van der Waals surface area (Å²) >= 11 is 19.0. The highest BCUT2D eigenvalue weighted by molar-refractivity contribution is 9.10. The van der Waals surface area contributed by atoms with E-state index in [-0.39, 0.29) is 0 Å². The number of hydrogen-bond donors (Lipinski definition) is 0. The third-order valence-corrected chi connectivity index (χ3v) is 4.53. The maximum Gasteiger partial charge on any atom is 0.164 e. The molecule has 0 amide bonds. The largest absolute Gasteiger partial charge is 0.279 e. The number of aryl methyl sites for hydroxylation is 1. The highest BCUT2D eigenvalue weighted by Gasteiger charge is 2.16. The predicted molar refractivity (Wildman–Crippen MR) is 93.7 cm³/mol. The van der Waals surface area contributed by atoms with Crippen LogP contribution >= 0.6 is 55.1 Å². The molecule has 1 aromatic carbocycles. The summed E-state index contributed by atoms with van der Waals surface area (Å²) in [6.07, 6.45) is 2.40. The van der Waals surface area contributed by atoms with Crippen molar-refractivity contribution in [3.05, 3.63) is 50.3 Å². The third kappa shape index (κ3) is 2.97. The Balaban J connectivity index is 2.33. The Hall–Kier alpha value is -0.620. The summed E-state index contributed by atoms with van der Waals surface area (Å²) in [4.78, 5) is 9.11. The van der Waals surface area contributed by atoms with E-state index in [0.717, 1.165) is 31.6 Å². The molecule has 3 nitrogen and oxygen atoms in total. The quantitative estimate of drug-likeness (QED) is 0.502. The highest BCUT2D eigenvalue weighted by Crippen LogP contribution is 2.30. The van der Waals surface area contributed by atoms with Gasteiger partial charge in [0, 0.05) is 32.5 Å². The van der Waals surface area contributed by atoms with Crippen LogP contribution < -0.4 is 0 Å². The molecule has 0 saturated carbocycles. The zero-order valence-corrected chi connectivity index (χ0v) is 15.3. The normalized spacial score (nSPS) is 11.2. The summed E-state index contributed by atoms with van der Waals surface area (Å²) < 4.78 is 3.80. The molecule has 0 bridgehead atoms. The number of pyridine rings is 1. The molecule has 0 spiro atoms. The lowest BCUT2D eigenvalue weighted by Crippen LogP contribution is -2.03. The molecule has 0 N–H and O–H groups in total. The van der Waals surface area contributed by atoms with Crippen LogP contribution in [-0.2, 0) is 6.42 Å². The molecule has 3 aromatic rings. The Morgan fingerprint density at radius 2 is 2.00 bits per heavy atom. The number of alkyl halides is 1. The van der Waals surface area contributed by atoms with Gasteiger partial charge in [-0.15, -0.1) is 11.6 Å². The first-order valence-electron chi connectivity index (χ1n) is 6.14. The zero-order chi connectivity index (χ0) is 15.0. The number of rotatable bonds is 3. The lowest BCUT2D eigenvalue weighted by Gasteiger charge is -2.10. The summed E-state index contributed by atoms with van der Waals surface area (Å²) in [5.74, 6) is 1.34. The van der Waals surface area contributed by atoms with Crippen molar-refractivity contribution in [1.29, 1.82) is 0 Å². The number of hydrogen-bond acceptors (Lipinski definition) is 2. The van der Waals surface area contributed by atoms with Gasteiger partial charge in [0.2, 0.25) is 0 Å². The molecule has 21 heavy (non-hydrogen) atoms. The minimum Gasteiger partial charge on any atom is -0.279 e. The summed E-state index contributed by atoms with van der Waals surface area (Å²) in [6.45, 7) is 0. The van der Waals surface area contributed by atoms with Crippen molar-refractivity contribution in [2.24, 2.45) is 0 Å². The standard InChI is InChI=1S/C14H9Br2Cl2N3/c15-8-5-11-14(19-7-8)21(13(20-11)3-4-17)12-6-9(18)1-2-10(12)16/h1-2,5-7H,3-4H2. The smallest absolute Gasteiger partial charge is 0.164 e. The average Bonchev–Trinajstić information content (AvgIpc) is 2.79. The van der Waals surface area contributed by atoms with Gasteiger partial charge >= 0.3 is 0 Å². The lowest BCUT2D eigenvalue weighted by atomic mass is 10.3. The molecule has 3 rings (SSSR count). The first kappa shape index (κ1) is 15.3. The highest BCUT2D eigenvalue weighted by atomic mass is 79.9. The number of halogens is 4. The van der Waals surface area contributed by atoms with E-state index in [0.29, 0.717) is 17.3 Å². The number of imidazole rings is 1. The molecule has 2 heterocycles. The molecular formula is C14H9Br2Cl2N3. The van der Waals surface area contributed by atoms with E-state index in [1.54, 1.807) is 6.20 Å². The van der Waals surface area contributed by atoms with Crippen LogP contribution in [0.1, 0.15) is 5.82 Å². The van der Waals surface area contributed by atoms with E-state index in [2.05, 4.69) is 41.8 Å². The third-order valence-electron chi connectivity index (χ3n) is 3.00. The molecule has 7 heteroatoms. The van der Waals surface area contributed by atoms with Crippen molar-refractivity contribution in [2.45, 2.75) is 6.42 Å². The van der Waals surface area contributed by atoms with Crippen molar-refractivity contribution in [1.82, 2.24) is 14.5 Å². The van der Waals surface area contributed by atoms with Crippen LogP contribution in [0.15, 0.2) is 39.4 Å². The van der Waals surface area contributed by atoms with Crippen LogP contribution in [0, 0.1) is 0 Å². The van der Waals surface area contributed by atoms with Gasteiger partial charge in [0.1, 0.15) is 11.3 Å². The summed E-state index contributed by atoms with van der Waals surface area (Å²) in [5.41, 5.74) is 2.50. The molecule has 0 aliphatic carbocycles. The molecule has 0 radical (unpaired) electrons. The molecule has 0 unspecified atom stereocenters. The van der Waals surface area contributed by atoms with Crippen molar-refractivity contribution in [3.63, 3.8) is 0 Å². The number of fused-ring (bicyclic) bond motifs is 1. The Morgan fingerprint density at radius 3 is 2.76 bits per heavy atom. The Morgan fingerprint density at radius 1 is 1.19 bits per heavy atom. The van der Waals surface area contributed by atoms with Crippen LogP contribution in [0.3, 0.4) is 0 Å². The van der Waals surface area contributed by atoms with Gasteiger partial charge in [0.25, 0.3) is 0 Å². The summed E-state index contributed by atoms with van der Waals surface area (Å²) in [6, 6.07) is 7.57. The summed E-state index contributed by atoms with van der Waals surface area (Å²) in [7, 11) is 0. The van der Waals surface area contributed by atoms with E-state index in [1.165, 1.54) is 0 Å². The second-order valence-electron chi connectivity index (χ2n) is 4.39. The van der Waals surface area contributed by atoms with Crippen molar-refractivity contribution in [2.75, 3.05) is 5.88 Å². The fraction of sp³-hybridized carbons (Fsp3) is 0.143. The average molecular weight is 450 g/mol. The minimum atomic E-state index is 0.489. The second kappa shape index (κ2) is 6.24. The van der Waals surface area contributed by atoms with Gasteiger partial charge in [0.05, 0.1) is 5.69 Å². The molecule has 0 saturated heterocycles. The van der Waals surface area contributed by atoms with Crippen molar-refractivity contribution in [3.8, 4) is 5.69 Å². The van der Waals surface area contributed by atoms with E-state index in [1.807, 2.05) is 28.8 Å². The first-order valence-corrected chi connectivity index (χ1v) is 8.64. The number of benzene rings is 1. The topological polar surface area (TPSA) is 30.7 Å². The molecule has 0 aliphatic heterocycles. The van der Waals surface area contributed by atoms with E-state index < -0.39 is 0 Å². The number of nitrogens with zero attached hydrogens (tertiary/aromatic N) is 3. The Bertz CT molecular complexity index is 817. The van der Waals surface area contributed by atoms with Crippen LogP contribution in [-0.4, -0.2) is 20.4 Å². The van der Waals surface area contributed by atoms with E-state index in [4.69, 9.17) is 23.2 Å². The van der Waals surface area contributed by atoms with Crippen molar-refractivity contribution < 1.29 is 0 Å². The molecule has 0 atom stereocenters. The Kier molecular flexibility index (Phi) is 4.54. The van der Waals surface area contributed by atoms with Gasteiger partial charge in [0.15, 0.2) is 5.65 Å². The lowest BCUT2D eigenvalue weighted by molar-refractivity contribution is 0.902. The fourth-order valence-electron chi connectivity index (χ4n) is 2.15. The Labute approximate surface area is 148 Å².